The molecule has 8 heteroatoms. The molecule has 0 fully saturated rings. The average molecular weight is 296 g/mol. The fourth-order valence-corrected chi connectivity index (χ4v) is 2.88. The maximum Gasteiger partial charge on any atom is 0.258 e. The minimum Gasteiger partial charge on any atom is -0.392 e. The first-order valence-electron chi connectivity index (χ1n) is 6.07. The third-order valence-electron chi connectivity index (χ3n) is 2.63. The Labute approximate surface area is 117 Å². The Morgan fingerprint density at radius 2 is 2.25 bits per heavy atom. The molecule has 0 aromatic carbocycles. The summed E-state index contributed by atoms with van der Waals surface area (Å²) in [6.07, 6.45) is 4.74. The van der Waals surface area contributed by atoms with Gasteiger partial charge in [-0.3, -0.25) is 4.68 Å². The number of aliphatic hydroxyl groups is 1. The molecule has 0 aliphatic rings. The maximum atomic E-state index is 12.1. The maximum absolute atomic E-state index is 12.1. The molecule has 2 N–H and O–H groups in total. The van der Waals surface area contributed by atoms with Gasteiger partial charge in [-0.2, -0.15) is 5.10 Å². The second-order valence-electron chi connectivity index (χ2n) is 4.41. The van der Waals surface area contributed by atoms with Crippen LogP contribution in [-0.4, -0.2) is 34.3 Å². The van der Waals surface area contributed by atoms with Crippen LogP contribution in [0.4, 0.5) is 0 Å². The first-order chi connectivity index (χ1) is 9.51. The van der Waals surface area contributed by atoms with E-state index in [0.29, 0.717) is 12.1 Å². The molecule has 20 heavy (non-hydrogen) atoms. The van der Waals surface area contributed by atoms with E-state index in [0.717, 1.165) is 0 Å². The normalized spacial score (nSPS) is 13.3. The van der Waals surface area contributed by atoms with Crippen molar-refractivity contribution in [1.82, 2.24) is 19.5 Å². The third-order valence-corrected chi connectivity index (χ3v) is 4.14. The number of nitrogens with one attached hydrogen (secondary N) is 1. The SMILES string of the molecule is CC(Cn1cccn1)NS(=O)(=O)c1ccc(CO)cn1. The Balaban J connectivity index is 2.05. The van der Waals surface area contributed by atoms with Crippen LogP contribution in [0, 0.1) is 0 Å². The summed E-state index contributed by atoms with van der Waals surface area (Å²) in [5.74, 6) is 0. The highest BCUT2D eigenvalue weighted by Gasteiger charge is 2.18. The highest BCUT2D eigenvalue weighted by molar-refractivity contribution is 7.89. The van der Waals surface area contributed by atoms with Crippen molar-refractivity contribution >= 4 is 10.0 Å². The zero-order valence-corrected chi connectivity index (χ0v) is 11.8. The van der Waals surface area contributed by atoms with E-state index in [4.69, 9.17) is 5.11 Å². The molecule has 0 aliphatic heterocycles. The monoisotopic (exact) mass is 296 g/mol. The highest BCUT2D eigenvalue weighted by Crippen LogP contribution is 2.07. The van der Waals surface area contributed by atoms with Crippen molar-refractivity contribution in [2.45, 2.75) is 31.1 Å². The van der Waals surface area contributed by atoms with Gasteiger partial charge < -0.3 is 5.11 Å². The predicted molar refractivity (Wildman–Crippen MR) is 72.2 cm³/mol. The second kappa shape index (κ2) is 6.12. The smallest absolute Gasteiger partial charge is 0.258 e. The van der Waals surface area contributed by atoms with Gasteiger partial charge in [0.1, 0.15) is 0 Å². The van der Waals surface area contributed by atoms with Crippen molar-refractivity contribution in [3.8, 4) is 0 Å². The molecular formula is C12H16N4O3S. The van der Waals surface area contributed by atoms with E-state index in [1.807, 2.05) is 0 Å². The Hall–Kier alpha value is -1.77. The van der Waals surface area contributed by atoms with Gasteiger partial charge in [0.05, 0.1) is 13.2 Å². The molecule has 0 aliphatic carbocycles. The van der Waals surface area contributed by atoms with Crippen LogP contribution in [0.1, 0.15) is 12.5 Å². The number of sulfonamides is 1. The Bertz CT molecular complexity index is 638. The zero-order chi connectivity index (χ0) is 14.6. The van der Waals surface area contributed by atoms with E-state index in [1.165, 1.54) is 18.3 Å². The number of rotatable bonds is 6. The van der Waals surface area contributed by atoms with E-state index >= 15 is 0 Å². The van der Waals surface area contributed by atoms with Crippen molar-refractivity contribution in [3.63, 3.8) is 0 Å². The van der Waals surface area contributed by atoms with E-state index in [9.17, 15) is 8.42 Å². The molecular weight excluding hydrogens is 280 g/mol. The lowest BCUT2D eigenvalue weighted by Gasteiger charge is -2.14. The van der Waals surface area contributed by atoms with Crippen molar-refractivity contribution in [3.05, 3.63) is 42.4 Å². The molecule has 0 saturated heterocycles. The fourth-order valence-electron chi connectivity index (χ4n) is 1.71. The van der Waals surface area contributed by atoms with Gasteiger partial charge in [0, 0.05) is 24.6 Å². The van der Waals surface area contributed by atoms with Gasteiger partial charge in [-0.1, -0.05) is 6.07 Å². The summed E-state index contributed by atoms with van der Waals surface area (Å²) in [5.41, 5.74) is 0.563. The van der Waals surface area contributed by atoms with Crippen molar-refractivity contribution in [1.29, 1.82) is 0 Å². The number of nitrogens with zero attached hydrogens (tertiary/aromatic N) is 3. The minimum atomic E-state index is -3.67. The summed E-state index contributed by atoms with van der Waals surface area (Å²) in [4.78, 5) is 3.84. The van der Waals surface area contributed by atoms with Gasteiger partial charge in [0.15, 0.2) is 5.03 Å². The number of aliphatic hydroxyl groups excluding tert-OH is 1. The largest absolute Gasteiger partial charge is 0.392 e. The van der Waals surface area contributed by atoms with Crippen LogP contribution in [0.2, 0.25) is 0 Å². The average Bonchev–Trinajstić information content (AvgIpc) is 2.91. The summed E-state index contributed by atoms with van der Waals surface area (Å²) < 4.78 is 28.4. The Kier molecular flexibility index (Phi) is 4.48. The molecule has 1 atom stereocenters. The van der Waals surface area contributed by atoms with Crippen molar-refractivity contribution in [2.75, 3.05) is 0 Å². The van der Waals surface area contributed by atoms with E-state index < -0.39 is 10.0 Å². The molecule has 1 unspecified atom stereocenters. The van der Waals surface area contributed by atoms with Crippen LogP contribution < -0.4 is 4.72 Å². The molecule has 0 radical (unpaired) electrons. The number of pyridine rings is 1. The van der Waals surface area contributed by atoms with Gasteiger partial charge in [0.2, 0.25) is 0 Å². The fraction of sp³-hybridized carbons (Fsp3) is 0.333. The summed E-state index contributed by atoms with van der Waals surface area (Å²) in [5, 5.41) is 12.9. The number of hydrogen-bond donors (Lipinski definition) is 2. The molecule has 2 aromatic heterocycles. The van der Waals surface area contributed by atoms with Gasteiger partial charge in [-0.05, 0) is 24.6 Å². The minimum absolute atomic E-state index is 0.0676. The van der Waals surface area contributed by atoms with E-state index in [1.54, 1.807) is 30.1 Å². The lowest BCUT2D eigenvalue weighted by Crippen LogP contribution is -2.36. The summed E-state index contributed by atoms with van der Waals surface area (Å²) >= 11 is 0. The molecule has 0 spiro atoms. The number of aromatic nitrogens is 3. The van der Waals surface area contributed by atoms with Crippen LogP contribution in [0.25, 0.3) is 0 Å². The van der Waals surface area contributed by atoms with Gasteiger partial charge in [-0.25, -0.2) is 18.1 Å². The van der Waals surface area contributed by atoms with Crippen molar-refractivity contribution in [2.24, 2.45) is 0 Å². The van der Waals surface area contributed by atoms with Crippen LogP contribution in [-0.2, 0) is 23.2 Å². The predicted octanol–water partition coefficient (Wildman–Crippen LogP) is 0.137. The quantitative estimate of drug-likeness (QED) is 0.790. The molecule has 2 rings (SSSR count). The Morgan fingerprint density at radius 1 is 1.45 bits per heavy atom. The van der Waals surface area contributed by atoms with Gasteiger partial charge in [0.25, 0.3) is 10.0 Å². The zero-order valence-electron chi connectivity index (χ0n) is 11.0. The summed E-state index contributed by atoms with van der Waals surface area (Å²) in [6, 6.07) is 4.35. The standard InChI is InChI=1S/C12H16N4O3S/c1-10(8-16-6-2-5-14-16)15-20(18,19)12-4-3-11(9-17)7-13-12/h2-7,10,15,17H,8-9H2,1H3. The van der Waals surface area contributed by atoms with E-state index in [-0.39, 0.29) is 17.7 Å². The molecule has 0 bridgehead atoms. The lowest BCUT2D eigenvalue weighted by atomic mass is 10.3. The molecule has 108 valence electrons. The second-order valence-corrected chi connectivity index (χ2v) is 6.07. The van der Waals surface area contributed by atoms with Crippen LogP contribution in [0.15, 0.2) is 41.8 Å². The van der Waals surface area contributed by atoms with Gasteiger partial charge in [-0.15, -0.1) is 0 Å². The van der Waals surface area contributed by atoms with Crippen LogP contribution >= 0.6 is 0 Å². The molecule has 2 heterocycles. The molecule has 0 saturated carbocycles. The molecule has 7 nitrogen and oxygen atoms in total. The first-order valence-corrected chi connectivity index (χ1v) is 7.55. The topological polar surface area (TPSA) is 97.1 Å². The third kappa shape index (κ3) is 3.62. The first kappa shape index (κ1) is 14.6. The van der Waals surface area contributed by atoms with Crippen LogP contribution in [0.5, 0.6) is 0 Å². The molecule has 0 amide bonds. The van der Waals surface area contributed by atoms with Crippen LogP contribution in [0.3, 0.4) is 0 Å². The van der Waals surface area contributed by atoms with Gasteiger partial charge >= 0.3 is 0 Å². The van der Waals surface area contributed by atoms with E-state index in [2.05, 4.69) is 14.8 Å². The number of hydrogen-bond acceptors (Lipinski definition) is 5. The Morgan fingerprint density at radius 3 is 2.80 bits per heavy atom. The summed E-state index contributed by atoms with van der Waals surface area (Å²) in [7, 11) is -3.67. The lowest BCUT2D eigenvalue weighted by molar-refractivity contribution is 0.281. The highest BCUT2D eigenvalue weighted by atomic mass is 32.2. The van der Waals surface area contributed by atoms with Crippen molar-refractivity contribution < 1.29 is 13.5 Å². The summed E-state index contributed by atoms with van der Waals surface area (Å²) in [6.45, 7) is 2.01. The molecule has 2 aromatic rings.